The van der Waals surface area contributed by atoms with E-state index in [2.05, 4.69) is 42.9 Å². The van der Waals surface area contributed by atoms with Crippen molar-refractivity contribution in [2.45, 2.75) is 39.8 Å². The first-order valence-corrected chi connectivity index (χ1v) is 8.95. The van der Waals surface area contributed by atoms with Gasteiger partial charge in [0.15, 0.2) is 8.32 Å². The number of halogens is 1. The Morgan fingerprint density at radius 3 is 2.42 bits per heavy atom. The van der Waals surface area contributed by atoms with Crippen LogP contribution in [0.5, 0.6) is 0 Å². The average Bonchev–Trinajstić information content (AvgIpc) is 2.02. The second-order valence-electron chi connectivity index (χ2n) is 4.10. The van der Waals surface area contributed by atoms with E-state index in [0.29, 0.717) is 0 Å². The van der Waals surface area contributed by atoms with Crippen LogP contribution >= 0.6 is 15.9 Å². The molecule has 0 rings (SSSR count). The zero-order valence-corrected chi connectivity index (χ0v) is 11.3. The summed E-state index contributed by atoms with van der Waals surface area (Å²) in [6.45, 7) is 9.94. The van der Waals surface area contributed by atoms with E-state index in [9.17, 15) is 0 Å². The molecule has 0 aromatic rings. The molecule has 74 valence electrons. The van der Waals surface area contributed by atoms with Crippen molar-refractivity contribution in [3.8, 4) is 0 Å². The van der Waals surface area contributed by atoms with Crippen molar-refractivity contribution in [2.75, 3.05) is 11.6 Å². The third kappa shape index (κ3) is 6.20. The van der Waals surface area contributed by atoms with Crippen LogP contribution in [0.2, 0.25) is 13.1 Å². The van der Waals surface area contributed by atoms with Crippen molar-refractivity contribution in [3.63, 3.8) is 0 Å². The molecule has 3 heteroatoms. The molecule has 1 atom stereocenters. The van der Waals surface area contributed by atoms with E-state index in [-0.39, 0.29) is 0 Å². The highest BCUT2D eigenvalue weighted by Gasteiger charge is 2.20. The van der Waals surface area contributed by atoms with Crippen LogP contribution in [0.1, 0.15) is 26.7 Å². The van der Waals surface area contributed by atoms with E-state index in [0.717, 1.165) is 17.5 Å². The van der Waals surface area contributed by atoms with Gasteiger partial charge in [-0.25, -0.2) is 0 Å². The Morgan fingerprint density at radius 1 is 1.42 bits per heavy atom. The molecule has 0 fully saturated rings. The fourth-order valence-electron chi connectivity index (χ4n) is 0.983. The Morgan fingerprint density at radius 2 is 2.00 bits per heavy atom. The predicted octanol–water partition coefficient (Wildman–Crippen LogP) is 3.58. The molecular formula is C9H21BrOSi. The van der Waals surface area contributed by atoms with Crippen LogP contribution in [-0.2, 0) is 4.43 Å². The van der Waals surface area contributed by atoms with Crippen LogP contribution in [-0.4, -0.2) is 19.9 Å². The van der Waals surface area contributed by atoms with Crippen molar-refractivity contribution in [2.24, 2.45) is 5.92 Å². The summed E-state index contributed by atoms with van der Waals surface area (Å²) in [5.74, 6) is 0.723. The van der Waals surface area contributed by atoms with Gasteiger partial charge in [0.05, 0.1) is 0 Å². The molecule has 0 aliphatic rings. The molecule has 0 amide bonds. The zero-order valence-electron chi connectivity index (χ0n) is 8.69. The Hall–Kier alpha value is 0.657. The molecule has 0 aliphatic carbocycles. The normalized spacial score (nSPS) is 14.8. The van der Waals surface area contributed by atoms with Crippen LogP contribution < -0.4 is 0 Å². The lowest BCUT2D eigenvalue weighted by Gasteiger charge is -2.22. The fraction of sp³-hybridized carbons (Fsp3) is 1.00. The summed E-state index contributed by atoms with van der Waals surface area (Å²) < 4.78 is 5.88. The quantitative estimate of drug-likeness (QED) is 0.519. The van der Waals surface area contributed by atoms with Gasteiger partial charge >= 0.3 is 0 Å². The standard InChI is InChI=1S/C9H21BrOSi/c1-5-6-9(2)7-11-12(3,4)8-10/h9H,5-8H2,1-4H3. The van der Waals surface area contributed by atoms with E-state index in [4.69, 9.17) is 4.43 Å². The van der Waals surface area contributed by atoms with Crippen LogP contribution in [0.4, 0.5) is 0 Å². The lowest BCUT2D eigenvalue weighted by Crippen LogP contribution is -2.34. The van der Waals surface area contributed by atoms with E-state index in [1.807, 2.05) is 0 Å². The smallest absolute Gasteiger partial charge is 0.197 e. The highest BCUT2D eigenvalue weighted by Crippen LogP contribution is 2.12. The largest absolute Gasteiger partial charge is 0.416 e. The van der Waals surface area contributed by atoms with Crippen molar-refractivity contribution < 1.29 is 4.43 Å². The van der Waals surface area contributed by atoms with Crippen LogP contribution in [0.25, 0.3) is 0 Å². The SMILES string of the molecule is CCCC(C)CO[Si](C)(C)CBr. The molecule has 0 bridgehead atoms. The minimum atomic E-state index is -1.35. The number of hydrogen-bond donors (Lipinski definition) is 0. The fourth-order valence-corrected chi connectivity index (χ4v) is 2.28. The summed E-state index contributed by atoms with van der Waals surface area (Å²) in [5, 5.41) is 0. The Balaban J connectivity index is 3.52. The molecule has 0 aromatic carbocycles. The van der Waals surface area contributed by atoms with Gasteiger partial charge in [-0.05, 0) is 25.4 Å². The van der Waals surface area contributed by atoms with E-state index in [1.165, 1.54) is 12.8 Å². The zero-order chi connectivity index (χ0) is 9.61. The molecule has 0 aromatic heterocycles. The van der Waals surface area contributed by atoms with Gasteiger partial charge in [0, 0.05) is 11.6 Å². The maximum Gasteiger partial charge on any atom is 0.197 e. The molecule has 0 N–H and O–H groups in total. The monoisotopic (exact) mass is 252 g/mol. The maximum absolute atomic E-state index is 5.88. The molecule has 0 aliphatic heterocycles. The minimum absolute atomic E-state index is 0.723. The molecule has 1 unspecified atom stereocenters. The number of rotatable bonds is 6. The Bertz CT molecular complexity index is 117. The molecule has 0 heterocycles. The molecule has 1 nitrogen and oxygen atoms in total. The average molecular weight is 253 g/mol. The number of alkyl halides is 1. The molecular weight excluding hydrogens is 232 g/mol. The molecule has 0 saturated carbocycles. The van der Waals surface area contributed by atoms with Crippen molar-refractivity contribution in [3.05, 3.63) is 0 Å². The minimum Gasteiger partial charge on any atom is -0.416 e. The summed E-state index contributed by atoms with van der Waals surface area (Å²) >= 11 is 3.50. The Kier molecular flexibility index (Phi) is 6.50. The summed E-state index contributed by atoms with van der Waals surface area (Å²) in [6, 6.07) is 0. The molecule has 0 saturated heterocycles. The summed E-state index contributed by atoms with van der Waals surface area (Å²) in [6.07, 6.45) is 2.55. The second-order valence-corrected chi connectivity index (χ2v) is 9.86. The first kappa shape index (κ1) is 12.7. The van der Waals surface area contributed by atoms with Gasteiger partial charge in [-0.3, -0.25) is 0 Å². The topological polar surface area (TPSA) is 9.23 Å². The van der Waals surface area contributed by atoms with Crippen molar-refractivity contribution in [1.29, 1.82) is 0 Å². The van der Waals surface area contributed by atoms with Gasteiger partial charge in [0.25, 0.3) is 0 Å². The van der Waals surface area contributed by atoms with E-state index in [1.54, 1.807) is 0 Å². The van der Waals surface area contributed by atoms with Crippen LogP contribution in [0.15, 0.2) is 0 Å². The third-order valence-electron chi connectivity index (χ3n) is 1.86. The molecule has 0 spiro atoms. The van der Waals surface area contributed by atoms with E-state index >= 15 is 0 Å². The van der Waals surface area contributed by atoms with Gasteiger partial charge in [0.2, 0.25) is 0 Å². The lowest BCUT2D eigenvalue weighted by molar-refractivity contribution is 0.245. The molecule has 12 heavy (non-hydrogen) atoms. The van der Waals surface area contributed by atoms with Gasteiger partial charge < -0.3 is 4.43 Å². The lowest BCUT2D eigenvalue weighted by atomic mass is 10.1. The van der Waals surface area contributed by atoms with Crippen molar-refractivity contribution in [1.82, 2.24) is 0 Å². The third-order valence-corrected chi connectivity index (χ3v) is 7.50. The van der Waals surface area contributed by atoms with Gasteiger partial charge in [-0.2, -0.15) is 0 Å². The van der Waals surface area contributed by atoms with Crippen molar-refractivity contribution >= 4 is 24.2 Å². The molecule has 0 radical (unpaired) electrons. The van der Waals surface area contributed by atoms with E-state index < -0.39 is 8.32 Å². The Labute approximate surface area is 86.1 Å². The van der Waals surface area contributed by atoms with Gasteiger partial charge in [-0.1, -0.05) is 36.2 Å². The van der Waals surface area contributed by atoms with Crippen LogP contribution in [0, 0.1) is 5.92 Å². The number of hydrogen-bond acceptors (Lipinski definition) is 1. The maximum atomic E-state index is 5.88. The van der Waals surface area contributed by atoms with Gasteiger partial charge in [-0.15, -0.1) is 0 Å². The first-order chi connectivity index (χ1) is 5.52. The first-order valence-electron chi connectivity index (χ1n) is 4.71. The summed E-state index contributed by atoms with van der Waals surface area (Å²) in [4.78, 5) is 1.04. The highest BCUT2D eigenvalue weighted by molar-refractivity contribution is 9.09. The second kappa shape index (κ2) is 6.16. The van der Waals surface area contributed by atoms with Gasteiger partial charge in [0.1, 0.15) is 0 Å². The summed E-state index contributed by atoms with van der Waals surface area (Å²) in [5.41, 5.74) is 0. The van der Waals surface area contributed by atoms with Crippen LogP contribution in [0.3, 0.4) is 0 Å². The highest BCUT2D eigenvalue weighted by atomic mass is 79.9. The predicted molar refractivity (Wildman–Crippen MR) is 61.3 cm³/mol. The summed E-state index contributed by atoms with van der Waals surface area (Å²) in [7, 11) is -1.35.